The molecular formula is C50H43N3O. The fourth-order valence-electron chi connectivity index (χ4n) is 6.69. The van der Waals surface area contributed by atoms with Gasteiger partial charge in [-0.05, 0) is 77.4 Å². The lowest BCUT2D eigenvalue weighted by Gasteiger charge is -2.12. The number of aromatic nitrogens is 3. The summed E-state index contributed by atoms with van der Waals surface area (Å²) in [7, 11) is 0. The quantitative estimate of drug-likeness (QED) is 0.126. The normalized spacial score (nSPS) is 16.4. The Hall–Kier alpha value is -6.65. The average Bonchev–Trinajstić information content (AvgIpc) is 3.58. The maximum Gasteiger partial charge on any atom is 0.164 e. The molecule has 0 fully saturated rings. The average molecular weight is 702 g/mol. The van der Waals surface area contributed by atoms with Crippen LogP contribution in [0.15, 0.2) is 199 Å². The summed E-state index contributed by atoms with van der Waals surface area (Å²) in [4.78, 5) is 15.5. The highest BCUT2D eigenvalue weighted by Crippen LogP contribution is 2.39. The van der Waals surface area contributed by atoms with Crippen LogP contribution in [0.25, 0.3) is 61.1 Å². The zero-order valence-corrected chi connectivity index (χ0v) is 30.5. The third kappa shape index (κ3) is 8.52. The maximum atomic E-state index is 6.54. The molecule has 0 unspecified atom stereocenters. The molecule has 4 heteroatoms. The van der Waals surface area contributed by atoms with Crippen molar-refractivity contribution in [1.29, 1.82) is 0 Å². The molecule has 0 radical (unpaired) electrons. The van der Waals surface area contributed by atoms with E-state index in [1.807, 2.05) is 48.6 Å². The Balaban J connectivity index is 1.37. The zero-order chi connectivity index (χ0) is 37.1. The second kappa shape index (κ2) is 17.2. The van der Waals surface area contributed by atoms with Gasteiger partial charge in [-0.2, -0.15) is 0 Å². The topological polar surface area (TPSA) is 51.8 Å². The van der Waals surface area contributed by atoms with Crippen LogP contribution in [-0.2, 0) is 6.42 Å². The fourth-order valence-corrected chi connectivity index (χ4v) is 6.69. The van der Waals surface area contributed by atoms with E-state index in [2.05, 4.69) is 129 Å². The van der Waals surface area contributed by atoms with Crippen LogP contribution in [0.1, 0.15) is 37.1 Å². The molecule has 2 aromatic heterocycles. The number of hydrogen-bond acceptors (Lipinski definition) is 4. The summed E-state index contributed by atoms with van der Waals surface area (Å²) < 4.78 is 6.54. The molecule has 1 aliphatic rings. The molecule has 6 aromatic rings. The Morgan fingerprint density at radius 2 is 1.61 bits per heavy atom. The van der Waals surface area contributed by atoms with Crippen molar-refractivity contribution in [2.45, 2.75) is 32.1 Å². The fraction of sp³-hybridized carbons (Fsp3) is 0.100. The van der Waals surface area contributed by atoms with Crippen LogP contribution in [0.2, 0.25) is 0 Å². The Morgan fingerprint density at radius 1 is 0.759 bits per heavy atom. The molecule has 0 saturated heterocycles. The molecule has 0 bridgehead atoms. The van der Waals surface area contributed by atoms with E-state index in [0.29, 0.717) is 23.9 Å². The number of allylic oxidation sites excluding steroid dienone is 17. The van der Waals surface area contributed by atoms with E-state index in [9.17, 15) is 0 Å². The number of hydrogen-bond donors (Lipinski definition) is 0. The highest BCUT2D eigenvalue weighted by molar-refractivity contribution is 6.12. The van der Waals surface area contributed by atoms with Gasteiger partial charge in [0.2, 0.25) is 0 Å². The van der Waals surface area contributed by atoms with Crippen LogP contribution >= 0.6 is 0 Å². The first-order valence-electron chi connectivity index (χ1n) is 18.4. The molecule has 0 saturated carbocycles. The minimum atomic E-state index is 0.521. The molecule has 0 N–H and O–H groups in total. The molecule has 264 valence electrons. The highest BCUT2D eigenvalue weighted by Gasteiger charge is 2.19. The first-order valence-corrected chi connectivity index (χ1v) is 18.4. The number of rotatable bonds is 11. The largest absolute Gasteiger partial charge is 0.456 e. The summed E-state index contributed by atoms with van der Waals surface area (Å²) >= 11 is 0. The van der Waals surface area contributed by atoms with Gasteiger partial charge in [-0.25, -0.2) is 15.0 Å². The van der Waals surface area contributed by atoms with Gasteiger partial charge in [0.25, 0.3) is 0 Å². The minimum Gasteiger partial charge on any atom is -0.456 e. The van der Waals surface area contributed by atoms with Crippen LogP contribution in [0.4, 0.5) is 0 Å². The molecule has 0 amide bonds. The van der Waals surface area contributed by atoms with Crippen molar-refractivity contribution < 1.29 is 4.42 Å². The Labute approximate surface area is 317 Å². The van der Waals surface area contributed by atoms with Crippen LogP contribution in [0.5, 0.6) is 0 Å². The van der Waals surface area contributed by atoms with Gasteiger partial charge >= 0.3 is 0 Å². The van der Waals surface area contributed by atoms with E-state index in [1.165, 1.54) is 11.0 Å². The van der Waals surface area contributed by atoms with Gasteiger partial charge in [-0.1, -0.05) is 165 Å². The predicted octanol–water partition coefficient (Wildman–Crippen LogP) is 13.4. The Bertz CT molecular complexity index is 2580. The van der Waals surface area contributed by atoms with Gasteiger partial charge in [-0.3, -0.25) is 0 Å². The third-order valence-corrected chi connectivity index (χ3v) is 9.36. The van der Waals surface area contributed by atoms with Gasteiger partial charge in [0, 0.05) is 28.3 Å². The van der Waals surface area contributed by atoms with Crippen molar-refractivity contribution in [3.8, 4) is 22.8 Å². The van der Waals surface area contributed by atoms with E-state index >= 15 is 0 Å². The van der Waals surface area contributed by atoms with Crippen molar-refractivity contribution in [1.82, 2.24) is 15.0 Å². The maximum absolute atomic E-state index is 6.54. The Kier molecular flexibility index (Phi) is 11.4. The van der Waals surface area contributed by atoms with Gasteiger partial charge in [0.05, 0.1) is 0 Å². The van der Waals surface area contributed by atoms with E-state index in [0.717, 1.165) is 80.8 Å². The van der Waals surface area contributed by atoms with Gasteiger partial charge < -0.3 is 4.42 Å². The number of para-hydroxylation sites is 1. The summed E-state index contributed by atoms with van der Waals surface area (Å²) in [6, 6.07) is 27.3. The molecule has 0 atom stereocenters. The number of nitrogens with zero attached hydrogens (tertiary/aromatic N) is 3. The van der Waals surface area contributed by atoms with E-state index in [4.69, 9.17) is 19.4 Å². The molecule has 54 heavy (non-hydrogen) atoms. The monoisotopic (exact) mass is 701 g/mol. The molecule has 1 aliphatic carbocycles. The Morgan fingerprint density at radius 3 is 2.50 bits per heavy atom. The van der Waals surface area contributed by atoms with Crippen molar-refractivity contribution in [3.63, 3.8) is 0 Å². The first-order chi connectivity index (χ1) is 26.6. The standard InChI is InChI=1S/C50H43N3O/c1-4-6-7-8-11-22-37(19-5-2)23-18-30-47-51-49(41-32-31-39-25-13-14-26-40(39)33-41)53-50(52-47)44-34-42(38-24-12-9-10-20-36(3)21-17-27-38)35-46-48(44)43-28-15-16-29-45(43)54-46/h4-16,18-20,23,25-29,31-35H,1-3,17,21-22,24,30H2/b7-6-,11-8-,12-9-,20-10-,23-18-,37-19-,38-27+. The van der Waals surface area contributed by atoms with E-state index in [1.54, 1.807) is 6.08 Å². The molecule has 4 aromatic carbocycles. The summed E-state index contributed by atoms with van der Waals surface area (Å²) in [5, 5.41) is 4.32. The molecule has 4 nitrogen and oxygen atoms in total. The summed E-state index contributed by atoms with van der Waals surface area (Å²) in [6.07, 6.45) is 32.5. The second-order valence-electron chi connectivity index (χ2n) is 13.2. The molecule has 7 rings (SSSR count). The van der Waals surface area contributed by atoms with E-state index < -0.39 is 0 Å². The summed E-state index contributed by atoms with van der Waals surface area (Å²) in [5.74, 6) is 1.92. The lowest BCUT2D eigenvalue weighted by Crippen LogP contribution is -2.03. The minimum absolute atomic E-state index is 0.521. The van der Waals surface area contributed by atoms with Crippen LogP contribution in [0, 0.1) is 0 Å². The smallest absolute Gasteiger partial charge is 0.164 e. The van der Waals surface area contributed by atoms with Crippen molar-refractivity contribution in [3.05, 3.63) is 206 Å². The highest BCUT2D eigenvalue weighted by atomic mass is 16.3. The van der Waals surface area contributed by atoms with Crippen LogP contribution in [-0.4, -0.2) is 15.0 Å². The van der Waals surface area contributed by atoms with Crippen LogP contribution in [0.3, 0.4) is 0 Å². The van der Waals surface area contributed by atoms with Crippen molar-refractivity contribution >= 4 is 38.3 Å². The summed E-state index contributed by atoms with van der Waals surface area (Å²) in [6.45, 7) is 11.9. The lowest BCUT2D eigenvalue weighted by atomic mass is 9.94. The zero-order valence-electron chi connectivity index (χ0n) is 30.5. The van der Waals surface area contributed by atoms with E-state index in [-0.39, 0.29) is 0 Å². The second-order valence-corrected chi connectivity index (χ2v) is 13.2. The molecule has 0 aliphatic heterocycles. The first kappa shape index (κ1) is 35.7. The number of benzene rings is 4. The lowest BCUT2D eigenvalue weighted by molar-refractivity contribution is 0.669. The molecule has 2 heterocycles. The van der Waals surface area contributed by atoms with Crippen molar-refractivity contribution in [2.75, 3.05) is 0 Å². The summed E-state index contributed by atoms with van der Waals surface area (Å²) in [5.41, 5.74) is 8.03. The predicted molar refractivity (Wildman–Crippen MR) is 229 cm³/mol. The SMILES string of the molecule is C=C/C=C\C=C/CC(/C=C\Cc1nc(-c2ccc3ccccc3c2)nc(-c2cc(/C3=C/CCC(=C)/C=C\C=C/C3)cc3oc4ccccc4c23)n1)=C/C=C. The van der Waals surface area contributed by atoms with Crippen LogP contribution < -0.4 is 0 Å². The molecular weight excluding hydrogens is 659 g/mol. The van der Waals surface area contributed by atoms with Crippen molar-refractivity contribution in [2.24, 2.45) is 0 Å². The number of fused-ring (bicyclic) bond motifs is 4. The van der Waals surface area contributed by atoms with Gasteiger partial charge in [0.15, 0.2) is 11.6 Å². The van der Waals surface area contributed by atoms with Gasteiger partial charge in [0.1, 0.15) is 17.0 Å². The van der Waals surface area contributed by atoms with Gasteiger partial charge in [-0.15, -0.1) is 0 Å². The third-order valence-electron chi connectivity index (χ3n) is 9.36. The number of furan rings is 1. The molecule has 0 spiro atoms.